The predicted octanol–water partition coefficient (Wildman–Crippen LogP) is 0.659. The van der Waals surface area contributed by atoms with Gasteiger partial charge in [0.2, 0.25) is 0 Å². The molecule has 0 aliphatic rings. The zero-order valence-electron chi connectivity index (χ0n) is 3.77. The van der Waals surface area contributed by atoms with Gasteiger partial charge >= 0.3 is 49.8 Å². The summed E-state index contributed by atoms with van der Waals surface area (Å²) in [5.41, 5.74) is 0. The molecule has 0 aromatic heterocycles. The fraction of sp³-hybridized carbons (Fsp3) is 1.00. The van der Waals surface area contributed by atoms with Crippen molar-refractivity contribution in [2.24, 2.45) is 0 Å². The summed E-state index contributed by atoms with van der Waals surface area (Å²) < 4.78 is 9.56. The van der Waals surface area contributed by atoms with Gasteiger partial charge in [0.15, 0.2) is 0 Å². The zero-order chi connectivity index (χ0) is 4.99. The SMILES string of the molecule is C[O][Ga]([Br])[O]C. The van der Waals surface area contributed by atoms with E-state index >= 15 is 0 Å². The second-order valence-corrected chi connectivity index (χ2v) is 7.76. The van der Waals surface area contributed by atoms with E-state index in [9.17, 15) is 0 Å². The van der Waals surface area contributed by atoms with Gasteiger partial charge in [-0.2, -0.15) is 0 Å². The van der Waals surface area contributed by atoms with Crippen molar-refractivity contribution in [1.82, 2.24) is 0 Å². The summed E-state index contributed by atoms with van der Waals surface area (Å²) in [6.45, 7) is 0. The molecule has 0 fully saturated rings. The third-order valence-corrected chi connectivity index (χ3v) is 5.81. The van der Waals surface area contributed by atoms with E-state index in [1.165, 1.54) is 0 Å². The normalized spacial score (nSPS) is 8.50. The van der Waals surface area contributed by atoms with Gasteiger partial charge in [0, 0.05) is 0 Å². The quantitative estimate of drug-likeness (QED) is 0.625. The van der Waals surface area contributed by atoms with Crippen LogP contribution in [0.3, 0.4) is 0 Å². The maximum absolute atomic E-state index is 4.78. The third-order valence-electron chi connectivity index (χ3n) is 0.371. The van der Waals surface area contributed by atoms with E-state index in [1.54, 1.807) is 14.2 Å². The van der Waals surface area contributed by atoms with Gasteiger partial charge in [0.1, 0.15) is 0 Å². The number of halogens is 1. The number of hydrogen-bond donors (Lipinski definition) is 0. The van der Waals surface area contributed by atoms with Crippen molar-refractivity contribution in [3.05, 3.63) is 0 Å². The van der Waals surface area contributed by atoms with Crippen LogP contribution in [-0.2, 0) is 7.06 Å². The Morgan fingerprint density at radius 3 is 1.67 bits per heavy atom. The molecular formula is C2H6BrGaO2. The van der Waals surface area contributed by atoms with Crippen molar-refractivity contribution in [2.45, 2.75) is 0 Å². The molecule has 0 N–H and O–H groups in total. The van der Waals surface area contributed by atoms with E-state index < -0.39 is 15.0 Å². The number of hydrogen-bond acceptors (Lipinski definition) is 2. The fourth-order valence-electron chi connectivity index (χ4n) is 0.0962. The molecule has 0 aliphatic carbocycles. The summed E-state index contributed by atoms with van der Waals surface area (Å²) in [4.78, 5) is 0. The molecule has 0 aromatic carbocycles. The molecule has 0 radical (unpaired) electrons. The first-order valence-corrected chi connectivity index (χ1v) is 9.16. The fourth-order valence-corrected chi connectivity index (χ4v) is 0.500. The maximum atomic E-state index is 4.78. The Kier molecular flexibility index (Phi) is 4.93. The Morgan fingerprint density at radius 2 is 1.67 bits per heavy atom. The average Bonchev–Trinajstić information content (AvgIpc) is 1.65. The van der Waals surface area contributed by atoms with Gasteiger partial charge < -0.3 is 0 Å². The molecule has 0 aliphatic heterocycles. The van der Waals surface area contributed by atoms with Crippen LogP contribution in [0.2, 0.25) is 0 Å². The molecule has 0 rings (SSSR count). The summed E-state index contributed by atoms with van der Waals surface area (Å²) >= 11 is 1.49. The molecule has 0 unspecified atom stereocenters. The summed E-state index contributed by atoms with van der Waals surface area (Å²) in [7, 11) is 3.28. The van der Waals surface area contributed by atoms with Gasteiger partial charge in [-0.1, -0.05) is 0 Å². The van der Waals surface area contributed by atoms with Gasteiger partial charge in [0.25, 0.3) is 0 Å². The van der Waals surface area contributed by atoms with E-state index in [4.69, 9.17) is 7.06 Å². The standard InChI is InChI=1S/2CH3O.BrH.Ga/c2*1-2;;/h2*1H3;1H;/q2*-1;;+3/p-1. The Labute approximate surface area is 50.0 Å². The Morgan fingerprint density at radius 1 is 1.33 bits per heavy atom. The Hall–Kier alpha value is 1.04. The van der Waals surface area contributed by atoms with Crippen molar-refractivity contribution in [3.63, 3.8) is 0 Å². The summed E-state index contributed by atoms with van der Waals surface area (Å²) in [5, 5.41) is 0. The molecular weight excluding hydrogens is 206 g/mol. The molecule has 0 aromatic rings. The molecule has 36 valence electrons. The predicted molar refractivity (Wildman–Crippen MR) is 28.7 cm³/mol. The Balaban J connectivity index is 2.75. The first-order chi connectivity index (χ1) is 2.81. The molecule has 4 heteroatoms. The van der Waals surface area contributed by atoms with Gasteiger partial charge in [-0.15, -0.1) is 0 Å². The van der Waals surface area contributed by atoms with Crippen LogP contribution in [0.5, 0.6) is 0 Å². The van der Waals surface area contributed by atoms with E-state index in [2.05, 4.69) is 13.6 Å². The van der Waals surface area contributed by atoms with Crippen LogP contribution < -0.4 is 0 Å². The molecule has 0 bridgehead atoms. The van der Waals surface area contributed by atoms with Crippen molar-refractivity contribution in [1.29, 1.82) is 0 Å². The first-order valence-electron chi connectivity index (χ1n) is 1.51. The zero-order valence-corrected chi connectivity index (χ0v) is 7.78. The molecule has 0 saturated carbocycles. The molecule has 0 amide bonds. The molecule has 0 heterocycles. The van der Waals surface area contributed by atoms with E-state index in [-0.39, 0.29) is 0 Å². The van der Waals surface area contributed by atoms with Crippen molar-refractivity contribution >= 4 is 28.5 Å². The average molecular weight is 212 g/mol. The minimum atomic E-state index is -1.73. The molecule has 2 nitrogen and oxygen atoms in total. The first kappa shape index (κ1) is 7.04. The second-order valence-electron chi connectivity index (χ2n) is 0.746. The van der Waals surface area contributed by atoms with Gasteiger partial charge in [-0.3, -0.25) is 0 Å². The Bertz CT molecular complexity index is 30.7. The van der Waals surface area contributed by atoms with E-state index in [0.717, 1.165) is 0 Å². The third kappa shape index (κ3) is 3.23. The van der Waals surface area contributed by atoms with Gasteiger partial charge in [0.05, 0.1) is 0 Å². The summed E-state index contributed by atoms with van der Waals surface area (Å²) in [6.07, 6.45) is 0. The molecule has 0 spiro atoms. The second kappa shape index (κ2) is 4.20. The van der Waals surface area contributed by atoms with Gasteiger partial charge in [-0.25, -0.2) is 0 Å². The van der Waals surface area contributed by atoms with Crippen molar-refractivity contribution in [2.75, 3.05) is 14.2 Å². The van der Waals surface area contributed by atoms with E-state index in [1.807, 2.05) is 0 Å². The van der Waals surface area contributed by atoms with Gasteiger partial charge in [-0.05, 0) is 0 Å². The molecule has 6 heavy (non-hydrogen) atoms. The van der Waals surface area contributed by atoms with Crippen LogP contribution in [0.25, 0.3) is 0 Å². The van der Waals surface area contributed by atoms with E-state index in [0.29, 0.717) is 0 Å². The van der Waals surface area contributed by atoms with Crippen molar-refractivity contribution in [3.8, 4) is 0 Å². The minimum absolute atomic E-state index is 1.64. The molecule has 0 saturated heterocycles. The monoisotopic (exact) mass is 210 g/mol. The van der Waals surface area contributed by atoms with Crippen LogP contribution in [0.15, 0.2) is 0 Å². The topological polar surface area (TPSA) is 18.5 Å². The van der Waals surface area contributed by atoms with Crippen LogP contribution in [0.4, 0.5) is 0 Å². The van der Waals surface area contributed by atoms with Crippen molar-refractivity contribution < 1.29 is 7.06 Å². The molecule has 0 atom stereocenters. The van der Waals surface area contributed by atoms with Crippen LogP contribution in [0, 0.1) is 0 Å². The van der Waals surface area contributed by atoms with Crippen LogP contribution >= 0.6 is 13.6 Å². The van der Waals surface area contributed by atoms with Crippen LogP contribution in [0.1, 0.15) is 0 Å². The number of rotatable bonds is 2. The summed E-state index contributed by atoms with van der Waals surface area (Å²) in [6, 6.07) is 0. The van der Waals surface area contributed by atoms with Crippen LogP contribution in [-0.4, -0.2) is 29.2 Å². The summed E-state index contributed by atoms with van der Waals surface area (Å²) in [5.74, 6) is 0.